The third kappa shape index (κ3) is 3.92. The first-order chi connectivity index (χ1) is 21.8. The zero-order valence-corrected chi connectivity index (χ0v) is 24.3. The van der Waals surface area contributed by atoms with E-state index >= 15 is 0 Å². The first-order valence-electron chi connectivity index (χ1n) is 15.5. The quantitative estimate of drug-likeness (QED) is 0.201. The van der Waals surface area contributed by atoms with Gasteiger partial charge >= 0.3 is 0 Å². The SMILES string of the molecule is c1ccc(-c2cccc(C3c4ccccc4-c4cc(-c5ccc6c(c5)-c5ccccc5C6c5ccccc5)ccc43)c2)cc1. The molecule has 2 aliphatic carbocycles. The Morgan fingerprint density at radius 1 is 0.250 bits per heavy atom. The Kier molecular flexibility index (Phi) is 5.74. The van der Waals surface area contributed by atoms with Gasteiger partial charge in [0.15, 0.2) is 0 Å². The second kappa shape index (κ2) is 10.1. The van der Waals surface area contributed by atoms with Gasteiger partial charge in [0.1, 0.15) is 0 Å². The number of hydrogen-bond donors (Lipinski definition) is 0. The summed E-state index contributed by atoms with van der Waals surface area (Å²) in [6, 6.07) is 62.8. The summed E-state index contributed by atoms with van der Waals surface area (Å²) in [5.74, 6) is 0.494. The van der Waals surface area contributed by atoms with Crippen molar-refractivity contribution in [3.63, 3.8) is 0 Å². The second-order valence-electron chi connectivity index (χ2n) is 12.0. The fraction of sp³-hybridized carbons (Fsp3) is 0.0455. The van der Waals surface area contributed by atoms with Crippen molar-refractivity contribution in [1.82, 2.24) is 0 Å². The molecule has 7 aromatic rings. The van der Waals surface area contributed by atoms with Crippen LogP contribution < -0.4 is 0 Å². The highest BCUT2D eigenvalue weighted by Crippen LogP contribution is 2.51. The van der Waals surface area contributed by atoms with Crippen LogP contribution >= 0.6 is 0 Å². The average Bonchev–Trinajstić information content (AvgIpc) is 3.61. The summed E-state index contributed by atoms with van der Waals surface area (Å²) in [5, 5.41) is 0. The first-order valence-corrected chi connectivity index (χ1v) is 15.5. The van der Waals surface area contributed by atoms with E-state index in [1.54, 1.807) is 0 Å². The van der Waals surface area contributed by atoms with Crippen molar-refractivity contribution >= 4 is 0 Å². The fourth-order valence-electron chi connectivity index (χ4n) is 7.66. The van der Waals surface area contributed by atoms with Crippen molar-refractivity contribution in [2.45, 2.75) is 11.8 Å². The molecule has 0 fully saturated rings. The molecular formula is C44H30. The van der Waals surface area contributed by atoms with Crippen molar-refractivity contribution in [2.75, 3.05) is 0 Å². The summed E-state index contributed by atoms with van der Waals surface area (Å²) in [5.41, 5.74) is 18.7. The van der Waals surface area contributed by atoms with Gasteiger partial charge in [0, 0.05) is 11.8 Å². The maximum absolute atomic E-state index is 2.42. The molecule has 44 heavy (non-hydrogen) atoms. The van der Waals surface area contributed by atoms with Gasteiger partial charge in [0.2, 0.25) is 0 Å². The molecule has 2 aliphatic rings. The molecule has 0 spiro atoms. The van der Waals surface area contributed by atoms with Crippen molar-refractivity contribution in [1.29, 1.82) is 0 Å². The van der Waals surface area contributed by atoms with Gasteiger partial charge in [0.25, 0.3) is 0 Å². The van der Waals surface area contributed by atoms with Gasteiger partial charge in [-0.25, -0.2) is 0 Å². The van der Waals surface area contributed by atoms with E-state index in [9.17, 15) is 0 Å². The first kappa shape index (κ1) is 25.1. The van der Waals surface area contributed by atoms with Gasteiger partial charge in [-0.15, -0.1) is 0 Å². The monoisotopic (exact) mass is 558 g/mol. The Hall–Kier alpha value is -5.46. The number of benzene rings is 7. The zero-order chi connectivity index (χ0) is 29.0. The van der Waals surface area contributed by atoms with Crippen LogP contribution in [0.4, 0.5) is 0 Å². The van der Waals surface area contributed by atoms with Crippen molar-refractivity contribution in [2.24, 2.45) is 0 Å². The Balaban J connectivity index is 1.15. The Labute approximate surface area is 258 Å². The lowest BCUT2D eigenvalue weighted by Gasteiger charge is -2.16. The van der Waals surface area contributed by atoms with E-state index in [2.05, 4.69) is 170 Å². The molecule has 0 nitrogen and oxygen atoms in total. The molecule has 7 aromatic carbocycles. The molecule has 2 unspecified atom stereocenters. The predicted molar refractivity (Wildman–Crippen MR) is 183 cm³/mol. The van der Waals surface area contributed by atoms with E-state index < -0.39 is 0 Å². The van der Waals surface area contributed by atoms with Crippen LogP contribution in [0.5, 0.6) is 0 Å². The number of hydrogen-bond acceptors (Lipinski definition) is 0. The molecule has 0 bridgehead atoms. The van der Waals surface area contributed by atoms with Crippen LogP contribution in [-0.4, -0.2) is 0 Å². The topological polar surface area (TPSA) is 0 Å². The lowest BCUT2D eigenvalue weighted by atomic mass is 9.87. The molecule has 0 radical (unpaired) electrons. The van der Waals surface area contributed by atoms with Crippen LogP contribution in [0.25, 0.3) is 44.5 Å². The van der Waals surface area contributed by atoms with Crippen LogP contribution in [0, 0.1) is 0 Å². The number of rotatable bonds is 4. The van der Waals surface area contributed by atoms with Crippen molar-refractivity contribution < 1.29 is 0 Å². The fourth-order valence-corrected chi connectivity index (χ4v) is 7.66. The van der Waals surface area contributed by atoms with Crippen LogP contribution in [0.2, 0.25) is 0 Å². The molecule has 0 amide bonds. The summed E-state index contributed by atoms with van der Waals surface area (Å²) in [4.78, 5) is 0. The molecule has 0 aromatic heterocycles. The molecule has 9 rings (SSSR count). The van der Waals surface area contributed by atoms with Gasteiger partial charge in [0.05, 0.1) is 0 Å². The smallest absolute Gasteiger partial charge is 0.0352 e. The maximum Gasteiger partial charge on any atom is 0.0352 e. The Morgan fingerprint density at radius 2 is 0.682 bits per heavy atom. The molecule has 206 valence electrons. The molecule has 0 saturated heterocycles. The largest absolute Gasteiger partial charge is 0.0622 e. The Morgan fingerprint density at radius 3 is 1.30 bits per heavy atom. The van der Waals surface area contributed by atoms with Gasteiger partial charge < -0.3 is 0 Å². The zero-order valence-electron chi connectivity index (χ0n) is 24.3. The third-order valence-electron chi connectivity index (χ3n) is 9.65. The highest BCUT2D eigenvalue weighted by Gasteiger charge is 2.32. The average molecular weight is 559 g/mol. The molecule has 0 aliphatic heterocycles. The highest BCUT2D eigenvalue weighted by atomic mass is 14.3. The minimum Gasteiger partial charge on any atom is -0.0622 e. The third-order valence-corrected chi connectivity index (χ3v) is 9.65. The van der Waals surface area contributed by atoms with E-state index in [0.29, 0.717) is 0 Å². The summed E-state index contributed by atoms with van der Waals surface area (Å²) in [7, 11) is 0. The molecule has 2 atom stereocenters. The standard InChI is InChI=1S/C44H30/c1-3-12-29(13-4-1)31-16-11-17-34(26-31)44-38-21-10-8-19-36(38)42-28-33(23-25-40(42)44)32-22-24-39-41(27-32)35-18-7-9-20-37(35)43(39)30-14-5-2-6-15-30/h1-28,43-44H. The number of fused-ring (bicyclic) bond motifs is 6. The normalized spacial score (nSPS) is 15.7. The van der Waals surface area contributed by atoms with Gasteiger partial charge in [-0.2, -0.15) is 0 Å². The van der Waals surface area contributed by atoms with Crippen molar-refractivity contribution in [3.8, 4) is 44.5 Å². The van der Waals surface area contributed by atoms with E-state index in [0.717, 1.165) is 0 Å². The lowest BCUT2D eigenvalue weighted by Crippen LogP contribution is -1.99. The molecule has 0 saturated carbocycles. The summed E-state index contributed by atoms with van der Waals surface area (Å²) < 4.78 is 0. The molecule has 0 heterocycles. The highest BCUT2D eigenvalue weighted by molar-refractivity contribution is 5.88. The Bertz CT molecular complexity index is 2170. The summed E-state index contributed by atoms with van der Waals surface area (Å²) in [6.07, 6.45) is 0. The lowest BCUT2D eigenvalue weighted by molar-refractivity contribution is 1.01. The van der Waals surface area contributed by atoms with E-state index in [1.807, 2.05) is 0 Å². The molecule has 0 N–H and O–H groups in total. The second-order valence-corrected chi connectivity index (χ2v) is 12.0. The van der Waals surface area contributed by atoms with Crippen LogP contribution in [-0.2, 0) is 0 Å². The van der Waals surface area contributed by atoms with Crippen molar-refractivity contribution in [3.05, 3.63) is 203 Å². The molecule has 0 heteroatoms. The van der Waals surface area contributed by atoms with Gasteiger partial charge in [-0.1, -0.05) is 158 Å². The van der Waals surface area contributed by atoms with Gasteiger partial charge in [-0.3, -0.25) is 0 Å². The van der Waals surface area contributed by atoms with E-state index in [4.69, 9.17) is 0 Å². The van der Waals surface area contributed by atoms with Crippen LogP contribution in [0.15, 0.2) is 170 Å². The maximum atomic E-state index is 2.42. The minimum absolute atomic E-state index is 0.220. The van der Waals surface area contributed by atoms with E-state index in [1.165, 1.54) is 77.9 Å². The summed E-state index contributed by atoms with van der Waals surface area (Å²) in [6.45, 7) is 0. The van der Waals surface area contributed by atoms with Crippen LogP contribution in [0.3, 0.4) is 0 Å². The van der Waals surface area contributed by atoms with E-state index in [-0.39, 0.29) is 11.8 Å². The van der Waals surface area contributed by atoms with Crippen LogP contribution in [0.1, 0.15) is 45.2 Å². The van der Waals surface area contributed by atoms with Gasteiger partial charge in [-0.05, 0) is 90.0 Å². The molecular weight excluding hydrogens is 528 g/mol. The minimum atomic E-state index is 0.220. The summed E-state index contributed by atoms with van der Waals surface area (Å²) >= 11 is 0. The predicted octanol–water partition coefficient (Wildman–Crippen LogP) is 11.3.